The number of aromatic nitrogens is 3. The van der Waals surface area contributed by atoms with Gasteiger partial charge < -0.3 is 0 Å². The minimum absolute atomic E-state index is 0.192. The summed E-state index contributed by atoms with van der Waals surface area (Å²) in [5, 5.41) is 0.413. The lowest BCUT2D eigenvalue weighted by Crippen LogP contribution is -2.20. The molecule has 0 bridgehead atoms. The summed E-state index contributed by atoms with van der Waals surface area (Å²) in [4.78, 5) is 40.4. The summed E-state index contributed by atoms with van der Waals surface area (Å²) in [5.41, 5.74) is 2.98. The van der Waals surface area contributed by atoms with Crippen LogP contribution in [-0.4, -0.2) is 41.2 Å². The van der Waals surface area contributed by atoms with E-state index in [-0.39, 0.29) is 40.3 Å². The summed E-state index contributed by atoms with van der Waals surface area (Å²) in [6.45, 7) is 0. The van der Waals surface area contributed by atoms with Gasteiger partial charge in [0.25, 0.3) is 0 Å². The molecule has 40 heavy (non-hydrogen) atoms. The zero-order chi connectivity index (χ0) is 28.0. The van der Waals surface area contributed by atoms with E-state index in [1.165, 1.54) is 0 Å². The predicted octanol–water partition coefficient (Wildman–Crippen LogP) is 5.67. The molecule has 1 aromatic heterocycles. The normalized spacial score (nSPS) is 12.6. The van der Waals surface area contributed by atoms with Crippen molar-refractivity contribution in [3.63, 3.8) is 0 Å². The number of sulfonamides is 1. The fraction of sp³-hybridized carbons (Fsp3) is 0.0333. The third kappa shape index (κ3) is 4.66. The van der Waals surface area contributed by atoms with Crippen molar-refractivity contribution in [3.8, 4) is 34.2 Å². The summed E-state index contributed by atoms with van der Waals surface area (Å²) < 4.78 is 26.6. The number of anilines is 1. The van der Waals surface area contributed by atoms with E-state index in [4.69, 9.17) is 11.6 Å². The average Bonchev–Trinajstić information content (AvgIpc) is 2.95. The molecule has 5 aromatic rings. The molecule has 0 amide bonds. The van der Waals surface area contributed by atoms with Crippen molar-refractivity contribution >= 4 is 38.9 Å². The zero-order valence-electron chi connectivity index (χ0n) is 20.9. The third-order valence-corrected chi connectivity index (χ3v) is 7.32. The molecule has 10 heteroatoms. The second-order valence-electron chi connectivity index (χ2n) is 9.17. The van der Waals surface area contributed by atoms with Crippen LogP contribution >= 0.6 is 11.6 Å². The smallest absolute Gasteiger partial charge is 0.229 e. The molecule has 4 aromatic carbocycles. The minimum atomic E-state index is -3.60. The Kier molecular flexibility index (Phi) is 6.25. The van der Waals surface area contributed by atoms with Gasteiger partial charge in [0.15, 0.2) is 29.0 Å². The molecule has 0 aliphatic heterocycles. The molecule has 0 saturated heterocycles. The molecular weight excluding hydrogens is 548 g/mol. The van der Waals surface area contributed by atoms with E-state index >= 15 is 0 Å². The van der Waals surface area contributed by atoms with Crippen molar-refractivity contribution in [1.82, 2.24) is 15.0 Å². The van der Waals surface area contributed by atoms with Crippen molar-refractivity contribution in [2.45, 2.75) is 0 Å². The number of carbonyl (C=O) groups is 2. The summed E-state index contributed by atoms with van der Waals surface area (Å²) in [6.07, 6.45) is 1.06. The molecule has 0 saturated carbocycles. The average molecular weight is 567 g/mol. The summed E-state index contributed by atoms with van der Waals surface area (Å²) in [6, 6.07) is 25.4. The molecule has 0 unspecified atom stereocenters. The van der Waals surface area contributed by atoms with Crippen molar-refractivity contribution in [2.75, 3.05) is 11.0 Å². The molecule has 1 heterocycles. The lowest BCUT2D eigenvalue weighted by Gasteiger charge is -2.18. The summed E-state index contributed by atoms with van der Waals surface area (Å²) in [7, 11) is -3.60. The van der Waals surface area contributed by atoms with Gasteiger partial charge in [-0.05, 0) is 36.4 Å². The molecule has 1 N–H and O–H groups in total. The fourth-order valence-electron chi connectivity index (χ4n) is 4.59. The van der Waals surface area contributed by atoms with Gasteiger partial charge in [-0.1, -0.05) is 66.2 Å². The van der Waals surface area contributed by atoms with Crippen LogP contribution in [0.5, 0.6) is 0 Å². The van der Waals surface area contributed by atoms with Crippen molar-refractivity contribution in [1.29, 1.82) is 0 Å². The Morgan fingerprint density at radius 1 is 0.600 bits per heavy atom. The number of hydrogen-bond acceptors (Lipinski definition) is 7. The Morgan fingerprint density at radius 3 is 1.75 bits per heavy atom. The second kappa shape index (κ2) is 9.78. The number of halogens is 1. The van der Waals surface area contributed by atoms with E-state index in [9.17, 15) is 18.0 Å². The third-order valence-electron chi connectivity index (χ3n) is 6.40. The number of nitrogens with one attached hydrogen (secondary N) is 1. The number of rotatable bonds is 5. The molecule has 6 rings (SSSR count). The SMILES string of the molecule is CS(=O)(=O)Nc1ccccc1-c1nc(-c2ccc3c(c2)C(=O)c2ccccc2C3=O)nc(-c2ccccc2Cl)n1. The van der Waals surface area contributed by atoms with Crippen LogP contribution in [0.3, 0.4) is 0 Å². The number of fused-ring (bicyclic) bond motifs is 2. The molecule has 0 radical (unpaired) electrons. The Bertz CT molecular complexity index is 1970. The summed E-state index contributed by atoms with van der Waals surface area (Å²) in [5.74, 6) is 0.166. The molecular formula is C30H19ClN4O4S. The van der Waals surface area contributed by atoms with Gasteiger partial charge >= 0.3 is 0 Å². The van der Waals surface area contributed by atoms with Gasteiger partial charge in [-0.25, -0.2) is 23.4 Å². The Hall–Kier alpha value is -4.73. The number of para-hydroxylation sites is 1. The topological polar surface area (TPSA) is 119 Å². The van der Waals surface area contributed by atoms with E-state index in [1.54, 1.807) is 91.0 Å². The van der Waals surface area contributed by atoms with Crippen LogP contribution in [0.15, 0.2) is 91.0 Å². The maximum atomic E-state index is 13.3. The van der Waals surface area contributed by atoms with Gasteiger partial charge in [0.1, 0.15) is 0 Å². The Labute approximate surface area is 234 Å². The van der Waals surface area contributed by atoms with Crippen LogP contribution < -0.4 is 4.72 Å². The number of carbonyl (C=O) groups excluding carboxylic acids is 2. The van der Waals surface area contributed by atoms with Crippen molar-refractivity contribution < 1.29 is 18.0 Å². The van der Waals surface area contributed by atoms with E-state index in [2.05, 4.69) is 19.7 Å². The maximum absolute atomic E-state index is 13.3. The quantitative estimate of drug-likeness (QED) is 0.285. The number of benzene rings is 4. The van der Waals surface area contributed by atoms with Crippen LogP contribution in [0.4, 0.5) is 5.69 Å². The van der Waals surface area contributed by atoms with Crippen LogP contribution in [0.1, 0.15) is 31.8 Å². The highest BCUT2D eigenvalue weighted by Gasteiger charge is 2.30. The van der Waals surface area contributed by atoms with E-state index in [1.807, 2.05) is 0 Å². The minimum Gasteiger partial charge on any atom is -0.289 e. The van der Waals surface area contributed by atoms with Crippen LogP contribution in [0.25, 0.3) is 34.2 Å². The molecule has 196 valence electrons. The van der Waals surface area contributed by atoms with Crippen LogP contribution in [0, 0.1) is 0 Å². The first kappa shape index (κ1) is 25.5. The first-order valence-corrected chi connectivity index (χ1v) is 14.4. The van der Waals surface area contributed by atoms with Crippen LogP contribution in [-0.2, 0) is 10.0 Å². The Balaban J connectivity index is 1.55. The largest absolute Gasteiger partial charge is 0.289 e. The number of ketones is 2. The van der Waals surface area contributed by atoms with Gasteiger partial charge in [0.2, 0.25) is 10.0 Å². The molecule has 1 aliphatic rings. The van der Waals surface area contributed by atoms with E-state index in [0.29, 0.717) is 38.4 Å². The number of hydrogen-bond donors (Lipinski definition) is 1. The monoisotopic (exact) mass is 566 g/mol. The van der Waals surface area contributed by atoms with Gasteiger partial charge in [-0.3, -0.25) is 14.3 Å². The van der Waals surface area contributed by atoms with Gasteiger partial charge in [0.05, 0.1) is 17.0 Å². The first-order chi connectivity index (χ1) is 19.2. The lowest BCUT2D eigenvalue weighted by atomic mass is 9.83. The van der Waals surface area contributed by atoms with E-state index in [0.717, 1.165) is 6.26 Å². The molecule has 8 nitrogen and oxygen atoms in total. The summed E-state index contributed by atoms with van der Waals surface area (Å²) >= 11 is 6.48. The van der Waals surface area contributed by atoms with Crippen molar-refractivity contribution in [2.24, 2.45) is 0 Å². The predicted molar refractivity (Wildman–Crippen MR) is 153 cm³/mol. The molecule has 0 atom stereocenters. The molecule has 1 aliphatic carbocycles. The van der Waals surface area contributed by atoms with Gasteiger partial charge in [-0.2, -0.15) is 0 Å². The first-order valence-electron chi connectivity index (χ1n) is 12.1. The number of nitrogens with zero attached hydrogens (tertiary/aromatic N) is 3. The maximum Gasteiger partial charge on any atom is 0.229 e. The standard InChI is InChI=1S/C30H19ClN4O4S/c1-40(38,39)35-25-13-7-5-11-22(25)30-33-28(32-29(34-30)21-10-4-6-12-24(21)31)17-14-15-20-23(16-17)27(37)19-9-3-2-8-18(19)26(20)36/h2-16,35H,1H3. The molecule has 0 fully saturated rings. The highest BCUT2D eigenvalue weighted by atomic mass is 35.5. The lowest BCUT2D eigenvalue weighted by molar-refractivity contribution is 0.0979. The van der Waals surface area contributed by atoms with Crippen molar-refractivity contribution in [3.05, 3.63) is 118 Å². The second-order valence-corrected chi connectivity index (χ2v) is 11.3. The highest BCUT2D eigenvalue weighted by Crippen LogP contribution is 2.34. The van der Waals surface area contributed by atoms with Gasteiger partial charge in [0, 0.05) is 38.9 Å². The Morgan fingerprint density at radius 2 is 1.10 bits per heavy atom. The highest BCUT2D eigenvalue weighted by molar-refractivity contribution is 7.92. The fourth-order valence-corrected chi connectivity index (χ4v) is 5.39. The van der Waals surface area contributed by atoms with Crippen LogP contribution in [0.2, 0.25) is 5.02 Å². The van der Waals surface area contributed by atoms with Gasteiger partial charge in [-0.15, -0.1) is 0 Å². The zero-order valence-corrected chi connectivity index (χ0v) is 22.5. The van der Waals surface area contributed by atoms with E-state index < -0.39 is 10.0 Å². The molecule has 0 spiro atoms.